The lowest BCUT2D eigenvalue weighted by molar-refractivity contribution is 0.450. The number of hydrogen-bond acceptors (Lipinski definition) is 4. The van der Waals surface area contributed by atoms with Crippen LogP contribution in [0.25, 0.3) is 73.2 Å². The Morgan fingerprint density at radius 2 is 0.909 bits per heavy atom. The molecule has 0 amide bonds. The van der Waals surface area contributed by atoms with Crippen LogP contribution in [0.3, 0.4) is 0 Å². The molecule has 6 aromatic heterocycles. The second-order valence-electron chi connectivity index (χ2n) is 18.9. The first-order chi connectivity index (χ1) is 32.3. The fraction of sp³-hybridized carbons (Fsp3) is 0.483. The van der Waals surface area contributed by atoms with Crippen molar-refractivity contribution < 1.29 is 8.78 Å². The van der Waals surface area contributed by atoms with Gasteiger partial charge in [-0.15, -0.1) is 45.3 Å². The Hall–Kier alpha value is -3.56. The van der Waals surface area contributed by atoms with Gasteiger partial charge in [0, 0.05) is 64.3 Å². The number of benzene rings is 2. The SMILES string of the molecule is CCCCCCn1c2cc(-c3cc(CC(CC)CCCC)c(-c4cccs4)s3)c(F)cc2c2c1c1cc(F)c(-c3cc(CC(CC)CCCC)c(-c4cccs4)s3)cc1n2CCCCCC. The second-order valence-corrected chi connectivity index (χ2v) is 22.9. The molecule has 0 radical (unpaired) electrons. The van der Waals surface area contributed by atoms with Crippen LogP contribution < -0.4 is 0 Å². The van der Waals surface area contributed by atoms with E-state index in [1.807, 2.05) is 12.1 Å². The van der Waals surface area contributed by atoms with Crippen LogP contribution >= 0.6 is 45.3 Å². The molecule has 0 bridgehead atoms. The highest BCUT2D eigenvalue weighted by Gasteiger charge is 2.27. The van der Waals surface area contributed by atoms with Crippen molar-refractivity contribution in [2.45, 2.75) is 170 Å². The first-order valence-electron chi connectivity index (χ1n) is 25.6. The van der Waals surface area contributed by atoms with Gasteiger partial charge in [0.05, 0.1) is 22.1 Å². The minimum Gasteiger partial charge on any atom is -0.339 e. The van der Waals surface area contributed by atoms with Crippen LogP contribution in [0, 0.1) is 23.5 Å². The third kappa shape index (κ3) is 10.5. The molecule has 0 saturated carbocycles. The monoisotopic (exact) mass is 962 g/mol. The van der Waals surface area contributed by atoms with E-state index in [1.54, 1.807) is 45.3 Å². The zero-order valence-corrected chi connectivity index (χ0v) is 43.8. The van der Waals surface area contributed by atoms with Crippen molar-refractivity contribution in [3.8, 4) is 40.4 Å². The number of aryl methyl sites for hydroxylation is 2. The Labute approximate surface area is 410 Å². The first-order valence-corrected chi connectivity index (χ1v) is 29.0. The minimum atomic E-state index is -0.178. The Morgan fingerprint density at radius 3 is 1.27 bits per heavy atom. The normalized spacial score (nSPS) is 13.0. The summed E-state index contributed by atoms with van der Waals surface area (Å²) in [7, 11) is 0. The average molecular weight is 963 g/mol. The molecule has 2 aromatic carbocycles. The molecule has 0 fully saturated rings. The van der Waals surface area contributed by atoms with Crippen LogP contribution in [0.1, 0.15) is 155 Å². The van der Waals surface area contributed by atoms with Crippen molar-refractivity contribution in [1.29, 1.82) is 0 Å². The lowest BCUT2D eigenvalue weighted by Gasteiger charge is -2.14. The quantitative estimate of drug-likeness (QED) is 0.0479. The minimum absolute atomic E-state index is 0.178. The molecule has 2 nitrogen and oxygen atoms in total. The Kier molecular flexibility index (Phi) is 17.2. The molecular weight excluding hydrogens is 891 g/mol. The number of thiophene rings is 4. The zero-order valence-electron chi connectivity index (χ0n) is 40.5. The standard InChI is InChI=1S/C58H72F2N2S4/c1-7-13-17-19-27-61-49-37-43(53-33-41(31-39(11-5)23-15-9-3)57(65-53)51-25-21-29-63-51)47(59)35-45(49)56-55(61)46-36-48(60)44(38-50(46)62(56)28-20-18-14-8-2)54-34-42(32-40(12-6)24-16-10-4)58(66-54)52-26-22-30-64-52/h21-22,25-26,29-30,33-40H,7-20,23-24,27-28,31-32H2,1-6H3. The van der Waals surface area contributed by atoms with Gasteiger partial charge in [-0.1, -0.05) is 144 Å². The van der Waals surface area contributed by atoms with Crippen LogP contribution in [0.4, 0.5) is 8.78 Å². The second kappa shape index (κ2) is 23.2. The molecule has 0 aliphatic rings. The first kappa shape index (κ1) is 48.9. The largest absolute Gasteiger partial charge is 0.339 e. The zero-order chi connectivity index (χ0) is 46.2. The molecule has 8 aromatic rings. The van der Waals surface area contributed by atoms with Gasteiger partial charge in [-0.2, -0.15) is 0 Å². The molecule has 0 aliphatic carbocycles. The summed E-state index contributed by atoms with van der Waals surface area (Å²) in [6.45, 7) is 15.3. The van der Waals surface area contributed by atoms with Crippen LogP contribution in [-0.4, -0.2) is 9.13 Å². The fourth-order valence-corrected chi connectivity index (χ4v) is 14.6. The van der Waals surface area contributed by atoms with Gasteiger partial charge in [0.1, 0.15) is 11.6 Å². The van der Waals surface area contributed by atoms with Crippen LogP contribution in [0.15, 0.2) is 71.4 Å². The van der Waals surface area contributed by atoms with E-state index < -0.39 is 0 Å². The number of halogens is 2. The van der Waals surface area contributed by atoms with Crippen molar-refractivity contribution in [1.82, 2.24) is 9.13 Å². The van der Waals surface area contributed by atoms with Gasteiger partial charge >= 0.3 is 0 Å². The van der Waals surface area contributed by atoms with Crippen LogP contribution in [0.2, 0.25) is 0 Å². The number of nitrogens with zero attached hydrogens (tertiary/aromatic N) is 2. The Bertz CT molecular complexity index is 2590. The van der Waals surface area contributed by atoms with Crippen molar-refractivity contribution >= 4 is 78.2 Å². The summed E-state index contributed by atoms with van der Waals surface area (Å²) in [5.74, 6) is 0.865. The average Bonchev–Trinajstić information content (AvgIpc) is 4.20. The maximum atomic E-state index is 17.2. The highest BCUT2D eigenvalue weighted by Crippen LogP contribution is 2.48. The van der Waals surface area contributed by atoms with Gasteiger partial charge in [-0.05, 0) is 108 Å². The third-order valence-corrected chi connectivity index (χ3v) is 18.8. The van der Waals surface area contributed by atoms with E-state index in [1.165, 1.54) is 82.0 Å². The van der Waals surface area contributed by atoms with E-state index in [4.69, 9.17) is 0 Å². The van der Waals surface area contributed by atoms with Crippen molar-refractivity contribution in [3.63, 3.8) is 0 Å². The van der Waals surface area contributed by atoms with E-state index in [9.17, 15) is 0 Å². The van der Waals surface area contributed by atoms with Crippen molar-refractivity contribution in [2.24, 2.45) is 11.8 Å². The summed E-state index contributed by atoms with van der Waals surface area (Å²) in [5.41, 5.74) is 8.26. The van der Waals surface area contributed by atoms with Gasteiger partial charge in [0.25, 0.3) is 0 Å². The molecule has 2 atom stereocenters. The molecule has 6 heterocycles. The Morgan fingerprint density at radius 1 is 0.485 bits per heavy atom. The van der Waals surface area contributed by atoms with E-state index in [0.717, 1.165) is 120 Å². The van der Waals surface area contributed by atoms with E-state index >= 15 is 8.78 Å². The molecule has 0 spiro atoms. The molecule has 8 heteroatoms. The molecular formula is C58H72F2N2S4. The predicted octanol–water partition coefficient (Wildman–Crippen LogP) is 20.6. The summed E-state index contributed by atoms with van der Waals surface area (Å²) < 4.78 is 39.4. The summed E-state index contributed by atoms with van der Waals surface area (Å²) in [6, 6.07) is 21.3. The smallest absolute Gasteiger partial charge is 0.132 e. The maximum Gasteiger partial charge on any atom is 0.132 e. The summed E-state index contributed by atoms with van der Waals surface area (Å²) >= 11 is 7.05. The topological polar surface area (TPSA) is 9.86 Å². The van der Waals surface area contributed by atoms with Crippen molar-refractivity contribution in [3.05, 3.63) is 94.2 Å². The lowest BCUT2D eigenvalue weighted by atomic mass is 9.91. The predicted molar refractivity (Wildman–Crippen MR) is 290 cm³/mol. The van der Waals surface area contributed by atoms with Crippen LogP contribution in [0.5, 0.6) is 0 Å². The number of hydrogen-bond donors (Lipinski definition) is 0. The van der Waals surface area contributed by atoms with Crippen LogP contribution in [-0.2, 0) is 25.9 Å². The highest BCUT2D eigenvalue weighted by molar-refractivity contribution is 7.24. The molecule has 2 unspecified atom stereocenters. The van der Waals surface area contributed by atoms with Gasteiger partial charge in [-0.25, -0.2) is 8.78 Å². The molecule has 8 rings (SSSR count). The van der Waals surface area contributed by atoms with Gasteiger partial charge < -0.3 is 9.13 Å². The lowest BCUT2D eigenvalue weighted by Crippen LogP contribution is -2.03. The van der Waals surface area contributed by atoms with E-state index in [-0.39, 0.29) is 11.6 Å². The number of aromatic nitrogens is 2. The highest BCUT2D eigenvalue weighted by atomic mass is 32.1. The molecule has 0 aliphatic heterocycles. The van der Waals surface area contributed by atoms with Gasteiger partial charge in [0.15, 0.2) is 0 Å². The van der Waals surface area contributed by atoms with Gasteiger partial charge in [0.2, 0.25) is 0 Å². The summed E-state index contributed by atoms with van der Waals surface area (Å²) in [5, 5.41) is 6.18. The summed E-state index contributed by atoms with van der Waals surface area (Å²) in [6.07, 6.45) is 20.6. The van der Waals surface area contributed by atoms with Crippen molar-refractivity contribution in [2.75, 3.05) is 0 Å². The molecule has 0 saturated heterocycles. The molecule has 0 N–H and O–H groups in total. The summed E-state index contributed by atoms with van der Waals surface area (Å²) in [4.78, 5) is 7.10. The van der Waals surface area contributed by atoms with E-state index in [2.05, 4.69) is 110 Å². The van der Waals surface area contributed by atoms with E-state index in [0.29, 0.717) is 23.0 Å². The number of rotatable bonds is 26. The Balaban J connectivity index is 1.30. The molecule has 352 valence electrons. The number of unbranched alkanes of at least 4 members (excludes halogenated alkanes) is 8. The molecule has 66 heavy (non-hydrogen) atoms. The fourth-order valence-electron chi connectivity index (χ4n) is 10.4. The third-order valence-electron chi connectivity index (χ3n) is 14.2. The maximum absolute atomic E-state index is 17.2. The van der Waals surface area contributed by atoms with Gasteiger partial charge in [-0.3, -0.25) is 0 Å². The number of fused-ring (bicyclic) bond motifs is 5.